The topological polar surface area (TPSA) is 51.4 Å². The molecule has 0 spiro atoms. The van der Waals surface area contributed by atoms with E-state index in [1.54, 1.807) is 0 Å². The second-order valence-electron chi connectivity index (χ2n) is 6.22. The molecule has 0 saturated carbocycles. The van der Waals surface area contributed by atoms with Crippen LogP contribution in [0.2, 0.25) is 0 Å². The summed E-state index contributed by atoms with van der Waals surface area (Å²) >= 11 is 1.83. The Morgan fingerprint density at radius 3 is 3.19 bits per heavy atom. The summed E-state index contributed by atoms with van der Waals surface area (Å²) in [7, 11) is 0. The van der Waals surface area contributed by atoms with Gasteiger partial charge in [-0.1, -0.05) is 6.07 Å². The first-order chi connectivity index (χ1) is 10.2. The van der Waals surface area contributed by atoms with Crippen molar-refractivity contribution >= 4 is 11.3 Å². The van der Waals surface area contributed by atoms with Crippen LogP contribution in [0.25, 0.3) is 0 Å². The molecule has 0 amide bonds. The van der Waals surface area contributed by atoms with Gasteiger partial charge in [0.1, 0.15) is 0 Å². The maximum Gasteiger partial charge on any atom is 0.217 e. The number of aryl methyl sites for hydroxylation is 1. The molecule has 112 valence electrons. The lowest BCUT2D eigenvalue weighted by Crippen LogP contribution is -2.33. The minimum Gasteiger partial charge on any atom is -0.426 e. The zero-order valence-corrected chi connectivity index (χ0v) is 12.9. The van der Waals surface area contributed by atoms with Gasteiger partial charge in [0.05, 0.1) is 13.2 Å². The van der Waals surface area contributed by atoms with E-state index in [1.165, 1.54) is 4.88 Å². The van der Waals surface area contributed by atoms with E-state index in [9.17, 15) is 0 Å². The van der Waals surface area contributed by atoms with Crippen LogP contribution in [0.15, 0.2) is 21.9 Å². The molecule has 0 aromatic carbocycles. The van der Waals surface area contributed by atoms with Gasteiger partial charge in [-0.25, -0.2) is 0 Å². The number of hydrogen-bond donors (Lipinski definition) is 0. The third-order valence-corrected chi connectivity index (χ3v) is 5.48. The van der Waals surface area contributed by atoms with Gasteiger partial charge >= 0.3 is 0 Å². The number of rotatable bonds is 4. The number of hydrogen-bond acceptors (Lipinski definition) is 6. The van der Waals surface area contributed by atoms with Crippen LogP contribution in [0.4, 0.5) is 0 Å². The van der Waals surface area contributed by atoms with Crippen LogP contribution in [-0.2, 0) is 17.7 Å². The molecular weight excluding hydrogens is 286 g/mol. The molecule has 2 aliphatic heterocycles. The minimum atomic E-state index is 0.149. The Morgan fingerprint density at radius 2 is 2.43 bits per heavy atom. The molecule has 6 heteroatoms. The normalized spacial score (nSPS) is 29.1. The average molecular weight is 305 g/mol. The standard InChI is InChI=1S/C15H19N3O2S/c1-11-16-17-14(20-11)5-15-9-18(6-12(15)8-19-10-15)7-13-3-2-4-21-13/h2-4,12H,5-10H2,1H3/t12-,15+/m1/s1. The van der Waals surface area contributed by atoms with Crippen LogP contribution >= 0.6 is 11.3 Å². The second kappa shape index (κ2) is 5.19. The van der Waals surface area contributed by atoms with Gasteiger partial charge in [0, 0.05) is 49.2 Å². The predicted octanol–water partition coefficient (Wildman–Crippen LogP) is 2.13. The van der Waals surface area contributed by atoms with Crippen LogP contribution in [0.3, 0.4) is 0 Å². The van der Waals surface area contributed by atoms with Gasteiger partial charge in [0.25, 0.3) is 0 Å². The van der Waals surface area contributed by atoms with E-state index < -0.39 is 0 Å². The summed E-state index contributed by atoms with van der Waals surface area (Å²) in [5.41, 5.74) is 0.149. The van der Waals surface area contributed by atoms with Gasteiger partial charge in [0.15, 0.2) is 0 Å². The van der Waals surface area contributed by atoms with E-state index in [0.29, 0.717) is 11.8 Å². The summed E-state index contributed by atoms with van der Waals surface area (Å²) < 4.78 is 11.4. The number of fused-ring (bicyclic) bond motifs is 1. The highest BCUT2D eigenvalue weighted by molar-refractivity contribution is 7.09. The Labute approximate surface area is 127 Å². The summed E-state index contributed by atoms with van der Waals surface area (Å²) in [5, 5.41) is 10.3. The van der Waals surface area contributed by atoms with Gasteiger partial charge in [0.2, 0.25) is 11.8 Å². The summed E-state index contributed by atoms with van der Waals surface area (Å²) in [4.78, 5) is 3.97. The first-order valence-electron chi connectivity index (χ1n) is 7.35. The highest BCUT2D eigenvalue weighted by Gasteiger charge is 2.51. The summed E-state index contributed by atoms with van der Waals surface area (Å²) in [6.07, 6.45) is 0.833. The SMILES string of the molecule is Cc1nnc(C[C@]23COC[C@H]2CN(Cc2cccs2)C3)o1. The number of ether oxygens (including phenoxy) is 1. The van der Waals surface area contributed by atoms with E-state index >= 15 is 0 Å². The Bertz CT molecular complexity index is 612. The maximum absolute atomic E-state index is 5.76. The molecule has 4 heterocycles. The van der Waals surface area contributed by atoms with E-state index in [1.807, 2.05) is 18.3 Å². The fourth-order valence-electron chi connectivity index (χ4n) is 3.65. The summed E-state index contributed by atoms with van der Waals surface area (Å²) in [6, 6.07) is 4.33. The third kappa shape index (κ3) is 2.52. The monoisotopic (exact) mass is 305 g/mol. The molecule has 0 bridgehead atoms. The fourth-order valence-corrected chi connectivity index (χ4v) is 4.39. The van der Waals surface area contributed by atoms with Crippen LogP contribution in [0.5, 0.6) is 0 Å². The average Bonchev–Trinajstić information content (AvgIpc) is 3.16. The Hall–Kier alpha value is -1.24. The first kappa shape index (κ1) is 13.4. The lowest BCUT2D eigenvalue weighted by atomic mass is 9.78. The van der Waals surface area contributed by atoms with Gasteiger partial charge in [-0.3, -0.25) is 4.90 Å². The quantitative estimate of drug-likeness (QED) is 0.866. The van der Waals surface area contributed by atoms with Crippen molar-refractivity contribution in [3.8, 4) is 0 Å². The number of nitrogens with zero attached hydrogens (tertiary/aromatic N) is 3. The van der Waals surface area contributed by atoms with Crippen molar-refractivity contribution in [3.63, 3.8) is 0 Å². The molecule has 2 saturated heterocycles. The van der Waals surface area contributed by atoms with Gasteiger partial charge < -0.3 is 9.15 Å². The van der Waals surface area contributed by atoms with Crippen molar-refractivity contribution in [2.75, 3.05) is 26.3 Å². The van der Waals surface area contributed by atoms with Gasteiger partial charge in [-0.05, 0) is 11.4 Å². The van der Waals surface area contributed by atoms with Crippen LogP contribution in [0, 0.1) is 18.3 Å². The molecule has 0 aliphatic carbocycles. The van der Waals surface area contributed by atoms with Gasteiger partial charge in [-0.2, -0.15) is 0 Å². The van der Waals surface area contributed by atoms with Gasteiger partial charge in [-0.15, -0.1) is 21.5 Å². The van der Waals surface area contributed by atoms with E-state index in [0.717, 1.165) is 45.2 Å². The Balaban J connectivity index is 1.50. The van der Waals surface area contributed by atoms with E-state index in [-0.39, 0.29) is 5.41 Å². The van der Waals surface area contributed by atoms with E-state index in [2.05, 4.69) is 32.6 Å². The zero-order chi connectivity index (χ0) is 14.3. The summed E-state index contributed by atoms with van der Waals surface area (Å²) in [6.45, 7) is 6.70. The molecule has 0 N–H and O–H groups in total. The van der Waals surface area contributed by atoms with Crippen molar-refractivity contribution in [3.05, 3.63) is 34.2 Å². The van der Waals surface area contributed by atoms with E-state index in [4.69, 9.17) is 9.15 Å². The minimum absolute atomic E-state index is 0.149. The third-order valence-electron chi connectivity index (χ3n) is 4.62. The smallest absolute Gasteiger partial charge is 0.217 e. The molecule has 4 rings (SSSR count). The number of thiophene rings is 1. The molecule has 2 aromatic rings. The van der Waals surface area contributed by atoms with Crippen molar-refractivity contribution in [1.82, 2.24) is 15.1 Å². The zero-order valence-electron chi connectivity index (χ0n) is 12.1. The van der Waals surface area contributed by atoms with Crippen molar-refractivity contribution in [1.29, 1.82) is 0 Å². The second-order valence-corrected chi connectivity index (χ2v) is 7.25. The van der Waals surface area contributed by atoms with Crippen molar-refractivity contribution in [2.24, 2.45) is 11.3 Å². The number of aromatic nitrogens is 2. The van der Waals surface area contributed by atoms with Crippen molar-refractivity contribution in [2.45, 2.75) is 19.9 Å². The molecule has 21 heavy (non-hydrogen) atoms. The lowest BCUT2D eigenvalue weighted by molar-refractivity contribution is 0.123. The molecule has 2 aromatic heterocycles. The Morgan fingerprint density at radius 1 is 1.48 bits per heavy atom. The van der Waals surface area contributed by atoms with Crippen LogP contribution < -0.4 is 0 Å². The Kier molecular flexibility index (Phi) is 3.32. The lowest BCUT2D eigenvalue weighted by Gasteiger charge is -2.25. The molecule has 2 fully saturated rings. The number of likely N-dealkylation sites (tertiary alicyclic amines) is 1. The highest BCUT2D eigenvalue weighted by Crippen LogP contribution is 2.44. The van der Waals surface area contributed by atoms with Crippen molar-refractivity contribution < 1.29 is 9.15 Å². The molecule has 5 nitrogen and oxygen atoms in total. The first-order valence-corrected chi connectivity index (χ1v) is 8.23. The molecule has 0 unspecified atom stereocenters. The summed E-state index contributed by atoms with van der Waals surface area (Å²) in [5.74, 6) is 1.97. The molecule has 2 aliphatic rings. The highest BCUT2D eigenvalue weighted by atomic mass is 32.1. The largest absolute Gasteiger partial charge is 0.426 e. The fraction of sp³-hybridized carbons (Fsp3) is 0.600. The van der Waals surface area contributed by atoms with Crippen LogP contribution in [0.1, 0.15) is 16.7 Å². The maximum atomic E-state index is 5.76. The molecule has 2 atom stereocenters. The predicted molar refractivity (Wildman–Crippen MR) is 79.1 cm³/mol. The molecular formula is C15H19N3O2S. The van der Waals surface area contributed by atoms with Crippen LogP contribution in [-0.4, -0.2) is 41.4 Å². The molecule has 0 radical (unpaired) electrons.